The lowest BCUT2D eigenvalue weighted by atomic mass is 9.69. The highest BCUT2D eigenvalue weighted by atomic mass is 28.4. The van der Waals surface area contributed by atoms with Crippen molar-refractivity contribution in [2.24, 2.45) is 5.41 Å². The van der Waals surface area contributed by atoms with E-state index in [4.69, 9.17) is 13.9 Å². The smallest absolute Gasteiger partial charge is 0.416 e. The molecule has 3 heterocycles. The van der Waals surface area contributed by atoms with Crippen LogP contribution in [0.5, 0.6) is 0 Å². The Morgan fingerprint density at radius 2 is 1.62 bits per heavy atom. The van der Waals surface area contributed by atoms with Crippen LogP contribution in [0.4, 0.5) is 13.2 Å². The Morgan fingerprint density at radius 1 is 1.02 bits per heavy atom. The van der Waals surface area contributed by atoms with Crippen LogP contribution in [-0.2, 0) is 32.1 Å². The van der Waals surface area contributed by atoms with Crippen molar-refractivity contribution >= 4 is 8.32 Å². The zero-order valence-electron chi connectivity index (χ0n) is 26.5. The van der Waals surface area contributed by atoms with Crippen molar-refractivity contribution in [3.63, 3.8) is 0 Å². The molecule has 0 radical (unpaired) electrons. The zero-order chi connectivity index (χ0) is 31.0. The van der Waals surface area contributed by atoms with Gasteiger partial charge < -0.3 is 19.1 Å². The Morgan fingerprint density at radius 3 is 2.14 bits per heavy atom. The first-order chi connectivity index (χ1) is 19.3. The minimum atomic E-state index is -4.43. The molecule has 2 atom stereocenters. The van der Waals surface area contributed by atoms with E-state index in [-0.39, 0.29) is 22.5 Å². The van der Waals surface area contributed by atoms with Gasteiger partial charge in [-0.3, -0.25) is 0 Å². The summed E-state index contributed by atoms with van der Waals surface area (Å²) in [5.74, 6) is -0.123. The first-order valence-electron chi connectivity index (χ1n) is 15.2. The van der Waals surface area contributed by atoms with Gasteiger partial charge >= 0.3 is 6.18 Å². The van der Waals surface area contributed by atoms with Crippen LogP contribution in [0, 0.1) is 10.6 Å². The van der Waals surface area contributed by atoms with Crippen molar-refractivity contribution in [3.8, 4) is 0 Å². The summed E-state index contributed by atoms with van der Waals surface area (Å²) in [4.78, 5) is 0. The van der Waals surface area contributed by atoms with Crippen molar-refractivity contribution in [1.29, 1.82) is 0 Å². The topological polar surface area (TPSA) is 54.6 Å². The van der Waals surface area contributed by atoms with E-state index in [1.165, 1.54) is 12.1 Å². The first-order valence-corrected chi connectivity index (χ1v) is 18.1. The second-order valence-corrected chi connectivity index (χ2v) is 19.9. The fraction of sp³-hybridized carbons (Fsp3) is 0.667. The van der Waals surface area contributed by atoms with Crippen LogP contribution in [0.15, 0.2) is 24.3 Å². The molecule has 1 fully saturated rings. The van der Waals surface area contributed by atoms with Crippen LogP contribution < -0.4 is 4.73 Å². The van der Waals surface area contributed by atoms with Crippen molar-refractivity contribution in [2.75, 3.05) is 13.2 Å². The van der Waals surface area contributed by atoms with E-state index < -0.39 is 31.8 Å². The van der Waals surface area contributed by atoms with E-state index in [1.807, 2.05) is 13.8 Å². The van der Waals surface area contributed by atoms with E-state index in [0.717, 1.165) is 45.7 Å². The summed E-state index contributed by atoms with van der Waals surface area (Å²) in [5.41, 5.74) is 3.23. The van der Waals surface area contributed by atoms with E-state index in [2.05, 4.69) is 47.7 Å². The summed E-state index contributed by atoms with van der Waals surface area (Å²) >= 11 is 0. The average Bonchev–Trinajstić information content (AvgIpc) is 3.16. The molecule has 0 unspecified atom stereocenters. The maximum atomic E-state index is 14.5. The van der Waals surface area contributed by atoms with Gasteiger partial charge in [-0.1, -0.05) is 60.6 Å². The molecule has 232 valence electrons. The summed E-state index contributed by atoms with van der Waals surface area (Å²) in [6.45, 7) is 20.6. The summed E-state index contributed by atoms with van der Waals surface area (Å²) in [7, 11) is -2.26. The number of alkyl halides is 3. The number of nitrogens with zero attached hydrogens (tertiary/aromatic N) is 1. The highest BCUT2D eigenvalue weighted by Gasteiger charge is 2.56. The van der Waals surface area contributed by atoms with Gasteiger partial charge in [-0.25, -0.2) is 0 Å². The number of benzene rings is 1. The third-order valence-corrected chi connectivity index (χ3v) is 14.5. The minimum Gasteiger partial charge on any atom is -0.618 e. The first kappa shape index (κ1) is 31.5. The number of halogens is 3. The molecule has 1 aromatic heterocycles. The Balaban J connectivity index is 1.80. The second-order valence-electron chi connectivity index (χ2n) is 15.1. The number of rotatable bonds is 4. The third kappa shape index (κ3) is 5.33. The van der Waals surface area contributed by atoms with Gasteiger partial charge in [-0.05, 0) is 47.7 Å². The molecule has 0 saturated carbocycles. The fourth-order valence-corrected chi connectivity index (χ4v) is 8.12. The molecule has 5 nitrogen and oxygen atoms in total. The standard InChI is InChI=1S/C33H46F3NO4Si/c1-20(2)28-26-27(25-23(37(28)38)18-31(6,7)19-24(25)41-42(8,9)30(3,4)5)32(14-16-39-17-15-32)40-29(26)21-10-12-22(13-11-21)33(34,35)36/h10-13,20,24,29H,14-19H2,1-9H3/t24-,29+/m0/s1. The molecular weight excluding hydrogens is 559 g/mol. The molecule has 0 N–H and O–H groups in total. The monoisotopic (exact) mass is 605 g/mol. The maximum absolute atomic E-state index is 14.5. The molecule has 1 aromatic carbocycles. The van der Waals surface area contributed by atoms with E-state index >= 15 is 0 Å². The van der Waals surface area contributed by atoms with Gasteiger partial charge in [0.15, 0.2) is 14.0 Å². The lowest BCUT2D eigenvalue weighted by Crippen LogP contribution is -2.49. The van der Waals surface area contributed by atoms with Gasteiger partial charge in [-0.15, -0.1) is 0 Å². The average molecular weight is 606 g/mol. The predicted octanol–water partition coefficient (Wildman–Crippen LogP) is 8.62. The van der Waals surface area contributed by atoms with E-state index in [1.54, 1.807) is 0 Å². The minimum absolute atomic E-state index is 0.0289. The molecule has 42 heavy (non-hydrogen) atoms. The SMILES string of the molecule is CC(C)c1c2c(c3c([n+]1[O-])CC(C)(C)C[C@@H]3O[Si](C)(C)C(C)(C)C)C1(CCOCC1)O[C@@H]2c1ccc(C(F)(F)F)cc1. The van der Waals surface area contributed by atoms with Crippen LogP contribution in [0.2, 0.25) is 18.1 Å². The number of pyridine rings is 1. The largest absolute Gasteiger partial charge is 0.618 e. The number of hydrogen-bond donors (Lipinski definition) is 0. The van der Waals surface area contributed by atoms with Gasteiger partial charge in [0.1, 0.15) is 6.10 Å². The summed E-state index contributed by atoms with van der Waals surface area (Å²) in [6.07, 6.45) is -2.76. The van der Waals surface area contributed by atoms with Crippen LogP contribution in [0.3, 0.4) is 0 Å². The van der Waals surface area contributed by atoms with Gasteiger partial charge in [0.05, 0.1) is 28.4 Å². The molecule has 0 bridgehead atoms. The highest BCUT2D eigenvalue weighted by Crippen LogP contribution is 2.58. The molecule has 5 rings (SSSR count). The highest BCUT2D eigenvalue weighted by molar-refractivity contribution is 6.74. The van der Waals surface area contributed by atoms with Gasteiger partial charge in [0.25, 0.3) is 0 Å². The van der Waals surface area contributed by atoms with E-state index in [0.29, 0.717) is 43.7 Å². The quantitative estimate of drug-likeness (QED) is 0.199. The van der Waals surface area contributed by atoms with Crippen molar-refractivity contribution in [1.82, 2.24) is 0 Å². The van der Waals surface area contributed by atoms with Crippen molar-refractivity contribution in [2.45, 2.75) is 122 Å². The van der Waals surface area contributed by atoms with Gasteiger partial charge in [-0.2, -0.15) is 17.9 Å². The van der Waals surface area contributed by atoms with Crippen molar-refractivity contribution in [3.05, 3.63) is 68.7 Å². The molecule has 2 aliphatic heterocycles. The van der Waals surface area contributed by atoms with Crippen LogP contribution in [0.1, 0.15) is 125 Å². The van der Waals surface area contributed by atoms with Crippen molar-refractivity contribution < 1.29 is 31.8 Å². The molecule has 1 aliphatic carbocycles. The van der Waals surface area contributed by atoms with E-state index in [9.17, 15) is 18.4 Å². The Kier molecular flexibility index (Phi) is 7.73. The van der Waals surface area contributed by atoms with Crippen LogP contribution in [0.25, 0.3) is 0 Å². The lowest BCUT2D eigenvalue weighted by molar-refractivity contribution is -0.626. The molecule has 0 amide bonds. The normalized spacial score (nSPS) is 23.7. The van der Waals surface area contributed by atoms with Crippen LogP contribution in [-0.4, -0.2) is 21.5 Å². The Hall–Kier alpha value is -1.94. The Bertz CT molecular complexity index is 1340. The molecule has 9 heteroatoms. The van der Waals surface area contributed by atoms with Crippen LogP contribution >= 0.6 is 0 Å². The number of fused-ring (bicyclic) bond motifs is 4. The zero-order valence-corrected chi connectivity index (χ0v) is 27.5. The summed E-state index contributed by atoms with van der Waals surface area (Å²) in [5, 5.41) is 14.5. The molecule has 2 aromatic rings. The molecule has 3 aliphatic rings. The number of ether oxygens (including phenoxy) is 2. The predicted molar refractivity (Wildman–Crippen MR) is 159 cm³/mol. The third-order valence-electron chi connectivity index (χ3n) is 9.99. The molecular formula is C33H46F3NO4Si. The maximum Gasteiger partial charge on any atom is 0.416 e. The molecule has 1 spiro atoms. The second kappa shape index (κ2) is 10.3. The summed E-state index contributed by atoms with van der Waals surface area (Å²) < 4.78 is 61.5. The summed E-state index contributed by atoms with van der Waals surface area (Å²) in [6, 6.07) is 5.22. The Labute approximate surface area is 249 Å². The van der Waals surface area contributed by atoms with Gasteiger partial charge in [0.2, 0.25) is 5.69 Å². The molecule has 1 saturated heterocycles. The lowest BCUT2D eigenvalue weighted by Gasteiger charge is -2.45. The number of hydrogen-bond acceptors (Lipinski definition) is 4. The number of aromatic nitrogens is 1. The van der Waals surface area contributed by atoms with Gasteiger partial charge in [0, 0.05) is 44.0 Å². The fourth-order valence-electron chi connectivity index (χ4n) is 6.85.